The van der Waals surface area contributed by atoms with E-state index in [9.17, 15) is 9.59 Å². The second-order valence-corrected chi connectivity index (χ2v) is 7.70. The second kappa shape index (κ2) is 8.81. The first-order valence-corrected chi connectivity index (χ1v) is 9.13. The van der Waals surface area contributed by atoms with Crippen LogP contribution in [-0.4, -0.2) is 42.8 Å². The first-order valence-electron chi connectivity index (χ1n) is 9.13. The minimum absolute atomic E-state index is 0. The summed E-state index contributed by atoms with van der Waals surface area (Å²) in [7, 11) is 0. The fraction of sp³-hybridized carbons (Fsp3) is 0.600. The van der Waals surface area contributed by atoms with Gasteiger partial charge >= 0.3 is 0 Å². The number of fused-ring (bicyclic) bond motifs is 1. The van der Waals surface area contributed by atoms with E-state index < -0.39 is 0 Å². The number of hydrogen-bond donors (Lipinski definition) is 1. The Hall–Kier alpha value is -1.39. The largest absolute Gasteiger partial charge is 0.342 e. The fourth-order valence-electron chi connectivity index (χ4n) is 3.88. The third kappa shape index (κ3) is 5.05. The molecular weight excluding hydrogens is 336 g/mol. The van der Waals surface area contributed by atoms with E-state index in [4.69, 9.17) is 0 Å². The Kier molecular flexibility index (Phi) is 7.03. The molecule has 0 saturated carbocycles. The van der Waals surface area contributed by atoms with Crippen LogP contribution in [0.15, 0.2) is 24.3 Å². The molecule has 1 amide bonds. The van der Waals surface area contributed by atoms with Gasteiger partial charge in [0.2, 0.25) is 5.91 Å². The van der Waals surface area contributed by atoms with Gasteiger partial charge in [0.25, 0.3) is 0 Å². The summed E-state index contributed by atoms with van der Waals surface area (Å²) >= 11 is 0. The predicted molar refractivity (Wildman–Crippen MR) is 102 cm³/mol. The first kappa shape index (κ1) is 19.9. The van der Waals surface area contributed by atoms with Gasteiger partial charge in [0.1, 0.15) is 0 Å². The van der Waals surface area contributed by atoms with E-state index in [1.807, 2.05) is 29.2 Å². The summed E-state index contributed by atoms with van der Waals surface area (Å²) in [6.45, 7) is 8.13. The summed E-state index contributed by atoms with van der Waals surface area (Å²) in [5, 5.41) is 3.38. The van der Waals surface area contributed by atoms with Crippen molar-refractivity contribution in [1.82, 2.24) is 10.2 Å². The van der Waals surface area contributed by atoms with Crippen molar-refractivity contribution in [3.05, 3.63) is 35.4 Å². The third-order valence-electron chi connectivity index (χ3n) is 5.23. The number of likely N-dealkylation sites (tertiary alicyclic amines) is 1. The van der Waals surface area contributed by atoms with Crippen molar-refractivity contribution >= 4 is 24.1 Å². The molecule has 1 aromatic carbocycles. The molecule has 2 aliphatic rings. The van der Waals surface area contributed by atoms with E-state index in [-0.39, 0.29) is 24.1 Å². The van der Waals surface area contributed by atoms with Gasteiger partial charge in [-0.15, -0.1) is 12.4 Å². The zero-order valence-corrected chi connectivity index (χ0v) is 16.0. The van der Waals surface area contributed by atoms with Gasteiger partial charge in [-0.25, -0.2) is 0 Å². The Morgan fingerprint density at radius 2 is 1.68 bits per heavy atom. The van der Waals surface area contributed by atoms with Crippen molar-refractivity contribution in [1.29, 1.82) is 0 Å². The molecule has 4 nitrogen and oxygen atoms in total. The minimum Gasteiger partial charge on any atom is -0.342 e. The average Bonchev–Trinajstić information content (AvgIpc) is 3.14. The molecule has 0 unspecified atom stereocenters. The van der Waals surface area contributed by atoms with Gasteiger partial charge in [0.05, 0.1) is 0 Å². The lowest BCUT2D eigenvalue weighted by Crippen LogP contribution is -2.32. The SMILES string of the molecule is CC(C)Cc1ccc(C(=O)CCC(=O)N2C[C@H]3CNC[C@H]3C2)cc1.Cl. The number of halogens is 1. The van der Waals surface area contributed by atoms with E-state index in [2.05, 4.69) is 19.2 Å². The molecule has 0 aromatic heterocycles. The number of benzene rings is 1. The number of Topliss-reactive ketones (excluding diaryl/α,β-unsaturated/α-hetero) is 1. The highest BCUT2D eigenvalue weighted by molar-refractivity contribution is 5.98. The molecule has 0 bridgehead atoms. The zero-order chi connectivity index (χ0) is 17.1. The van der Waals surface area contributed by atoms with Gasteiger partial charge in [-0.05, 0) is 29.7 Å². The number of hydrogen-bond acceptors (Lipinski definition) is 3. The van der Waals surface area contributed by atoms with Gasteiger partial charge in [-0.3, -0.25) is 9.59 Å². The lowest BCUT2D eigenvalue weighted by molar-refractivity contribution is -0.130. The molecule has 0 spiro atoms. The predicted octanol–water partition coefficient (Wildman–Crippen LogP) is 2.95. The van der Waals surface area contributed by atoms with E-state index in [1.165, 1.54) is 5.56 Å². The molecule has 138 valence electrons. The quantitative estimate of drug-likeness (QED) is 0.789. The minimum atomic E-state index is 0. The van der Waals surface area contributed by atoms with Gasteiger partial charge in [0.15, 0.2) is 5.78 Å². The normalized spacial score (nSPS) is 22.0. The molecule has 0 radical (unpaired) electrons. The van der Waals surface area contributed by atoms with E-state index in [0.29, 0.717) is 30.6 Å². The highest BCUT2D eigenvalue weighted by Gasteiger charge is 2.37. The van der Waals surface area contributed by atoms with Crippen LogP contribution in [0.2, 0.25) is 0 Å². The van der Waals surface area contributed by atoms with Crippen molar-refractivity contribution in [3.63, 3.8) is 0 Å². The number of nitrogens with zero attached hydrogens (tertiary/aromatic N) is 1. The summed E-state index contributed by atoms with van der Waals surface area (Å²) in [4.78, 5) is 26.6. The van der Waals surface area contributed by atoms with Crippen molar-refractivity contribution in [3.8, 4) is 0 Å². The van der Waals surface area contributed by atoms with Crippen LogP contribution in [0.1, 0.15) is 42.6 Å². The lowest BCUT2D eigenvalue weighted by Gasteiger charge is -2.17. The van der Waals surface area contributed by atoms with Crippen LogP contribution in [0.3, 0.4) is 0 Å². The van der Waals surface area contributed by atoms with Gasteiger partial charge in [-0.2, -0.15) is 0 Å². The molecule has 0 aliphatic carbocycles. The zero-order valence-electron chi connectivity index (χ0n) is 15.2. The topological polar surface area (TPSA) is 49.4 Å². The fourth-order valence-corrected chi connectivity index (χ4v) is 3.88. The molecule has 5 heteroatoms. The van der Waals surface area contributed by atoms with Crippen LogP contribution in [0.5, 0.6) is 0 Å². The second-order valence-electron chi connectivity index (χ2n) is 7.70. The van der Waals surface area contributed by atoms with Crippen LogP contribution >= 0.6 is 12.4 Å². The summed E-state index contributed by atoms with van der Waals surface area (Å²) in [5.41, 5.74) is 1.98. The number of nitrogens with one attached hydrogen (secondary N) is 1. The Labute approximate surface area is 156 Å². The van der Waals surface area contributed by atoms with Gasteiger partial charge < -0.3 is 10.2 Å². The Balaban J connectivity index is 0.00000225. The maximum absolute atomic E-state index is 12.3. The van der Waals surface area contributed by atoms with Crippen molar-refractivity contribution < 1.29 is 9.59 Å². The average molecular weight is 365 g/mol. The Morgan fingerprint density at radius 1 is 1.08 bits per heavy atom. The Morgan fingerprint density at radius 3 is 2.24 bits per heavy atom. The van der Waals surface area contributed by atoms with Crippen LogP contribution < -0.4 is 5.32 Å². The van der Waals surface area contributed by atoms with E-state index >= 15 is 0 Å². The molecular formula is C20H29ClN2O2. The maximum atomic E-state index is 12.3. The maximum Gasteiger partial charge on any atom is 0.223 e. The molecule has 2 heterocycles. The van der Waals surface area contributed by atoms with Crippen molar-refractivity contribution in [2.75, 3.05) is 26.2 Å². The monoisotopic (exact) mass is 364 g/mol. The van der Waals surface area contributed by atoms with Crippen LogP contribution in [0, 0.1) is 17.8 Å². The highest BCUT2D eigenvalue weighted by atomic mass is 35.5. The van der Waals surface area contributed by atoms with Crippen LogP contribution in [-0.2, 0) is 11.2 Å². The Bertz CT molecular complexity index is 588. The molecule has 1 aromatic rings. The number of ketones is 1. The van der Waals surface area contributed by atoms with Gasteiger partial charge in [-0.1, -0.05) is 38.1 Å². The van der Waals surface area contributed by atoms with Crippen molar-refractivity contribution in [2.45, 2.75) is 33.1 Å². The van der Waals surface area contributed by atoms with Crippen LogP contribution in [0.25, 0.3) is 0 Å². The van der Waals surface area contributed by atoms with Gasteiger partial charge in [0, 0.05) is 44.6 Å². The first-order chi connectivity index (χ1) is 11.5. The molecule has 2 saturated heterocycles. The molecule has 2 aliphatic heterocycles. The molecule has 2 fully saturated rings. The summed E-state index contributed by atoms with van der Waals surface area (Å²) in [6, 6.07) is 7.86. The molecule has 25 heavy (non-hydrogen) atoms. The number of carbonyl (C=O) groups is 2. The van der Waals surface area contributed by atoms with E-state index in [1.54, 1.807) is 0 Å². The smallest absolute Gasteiger partial charge is 0.223 e. The summed E-state index contributed by atoms with van der Waals surface area (Å²) in [5.74, 6) is 2.03. The molecule has 1 N–H and O–H groups in total. The standard InChI is InChI=1S/C20H28N2O2.ClH/c1-14(2)9-15-3-5-16(6-4-15)19(23)7-8-20(24)22-12-17-10-21-11-18(17)13-22;/h3-6,14,17-18,21H,7-13H2,1-2H3;1H/t17-,18+;. The third-order valence-corrected chi connectivity index (χ3v) is 5.23. The summed E-state index contributed by atoms with van der Waals surface area (Å²) < 4.78 is 0. The number of rotatable bonds is 6. The van der Waals surface area contributed by atoms with Crippen LogP contribution in [0.4, 0.5) is 0 Å². The van der Waals surface area contributed by atoms with Crippen molar-refractivity contribution in [2.24, 2.45) is 17.8 Å². The summed E-state index contributed by atoms with van der Waals surface area (Å²) in [6.07, 6.45) is 1.67. The lowest BCUT2D eigenvalue weighted by atomic mass is 9.99. The highest BCUT2D eigenvalue weighted by Crippen LogP contribution is 2.26. The number of carbonyl (C=O) groups excluding carboxylic acids is 2. The molecule has 2 atom stereocenters. The number of amides is 1. The van der Waals surface area contributed by atoms with E-state index in [0.717, 1.165) is 38.2 Å². The molecule has 3 rings (SSSR count).